The fourth-order valence-electron chi connectivity index (χ4n) is 0.329. The second-order valence-corrected chi connectivity index (χ2v) is 2.83. The molecule has 0 aliphatic carbocycles. The molecule has 2 nitrogen and oxygen atoms in total. The Hall–Kier alpha value is 0.350. The van der Waals surface area contributed by atoms with Gasteiger partial charge in [0.15, 0.2) is 0 Å². The van der Waals surface area contributed by atoms with Gasteiger partial charge in [-0.25, -0.2) is 0 Å². The average molecular weight is 120 g/mol. The van der Waals surface area contributed by atoms with Gasteiger partial charge in [-0.2, -0.15) is 0 Å². The SMILES string of the molecule is NCCPCCN. The van der Waals surface area contributed by atoms with Gasteiger partial charge in [-0.1, -0.05) is 0 Å². The van der Waals surface area contributed by atoms with Crippen LogP contribution in [0, 0.1) is 0 Å². The molecule has 0 fully saturated rings. The topological polar surface area (TPSA) is 52.0 Å². The summed E-state index contributed by atoms with van der Waals surface area (Å²) in [4.78, 5) is 0. The molecule has 4 N–H and O–H groups in total. The summed E-state index contributed by atoms with van der Waals surface area (Å²) < 4.78 is 0. The molecule has 0 bridgehead atoms. The molecule has 0 unspecified atom stereocenters. The smallest absolute Gasteiger partial charge is 0.00402 e. The highest BCUT2D eigenvalue weighted by Gasteiger charge is 1.79. The zero-order chi connectivity index (χ0) is 5.54. The van der Waals surface area contributed by atoms with E-state index in [1.165, 1.54) is 0 Å². The Labute approximate surface area is 46.4 Å². The molecule has 44 valence electrons. The molecule has 0 aliphatic heterocycles. The minimum absolute atomic E-state index is 0.818. The van der Waals surface area contributed by atoms with E-state index >= 15 is 0 Å². The van der Waals surface area contributed by atoms with E-state index in [2.05, 4.69) is 0 Å². The maximum Gasteiger partial charge on any atom is -0.00402 e. The Balaban J connectivity index is 2.45. The number of nitrogens with two attached hydrogens (primary N) is 2. The molecule has 0 saturated carbocycles. The summed E-state index contributed by atoms with van der Waals surface area (Å²) in [5.74, 6) is 0. The summed E-state index contributed by atoms with van der Waals surface area (Å²) in [6.45, 7) is 1.64. The summed E-state index contributed by atoms with van der Waals surface area (Å²) in [6, 6.07) is 0. The Kier molecular flexibility index (Phi) is 6.67. The molecule has 0 aromatic heterocycles. The minimum atomic E-state index is 0.818. The molecule has 0 heterocycles. The Morgan fingerprint density at radius 1 is 1.00 bits per heavy atom. The van der Waals surface area contributed by atoms with Crippen molar-refractivity contribution in [1.82, 2.24) is 0 Å². The van der Waals surface area contributed by atoms with Gasteiger partial charge in [0.25, 0.3) is 0 Å². The van der Waals surface area contributed by atoms with Gasteiger partial charge in [-0.3, -0.25) is 0 Å². The standard InChI is InChI=1S/C4H13N2P/c5-1-3-7-4-2-6/h7H,1-6H2. The largest absolute Gasteiger partial charge is 0.330 e. The molecule has 0 rings (SSSR count). The highest BCUT2D eigenvalue weighted by molar-refractivity contribution is 7.38. The lowest BCUT2D eigenvalue weighted by molar-refractivity contribution is 1.11. The lowest BCUT2D eigenvalue weighted by atomic mass is 10.8. The third-order valence-electron chi connectivity index (χ3n) is 0.642. The average Bonchev–Trinajstić information content (AvgIpc) is 1.69. The van der Waals surface area contributed by atoms with Crippen molar-refractivity contribution in [2.24, 2.45) is 11.5 Å². The van der Waals surface area contributed by atoms with E-state index in [9.17, 15) is 0 Å². The molecular weight excluding hydrogens is 107 g/mol. The van der Waals surface area contributed by atoms with Gasteiger partial charge in [0, 0.05) is 0 Å². The van der Waals surface area contributed by atoms with E-state index in [-0.39, 0.29) is 0 Å². The van der Waals surface area contributed by atoms with E-state index < -0.39 is 0 Å². The van der Waals surface area contributed by atoms with Gasteiger partial charge in [0.1, 0.15) is 0 Å². The zero-order valence-corrected chi connectivity index (χ0v) is 5.48. The van der Waals surface area contributed by atoms with Gasteiger partial charge >= 0.3 is 0 Å². The van der Waals surface area contributed by atoms with Crippen LogP contribution in [0.25, 0.3) is 0 Å². The van der Waals surface area contributed by atoms with Crippen molar-refractivity contribution in [2.45, 2.75) is 0 Å². The van der Waals surface area contributed by atoms with Gasteiger partial charge in [0.05, 0.1) is 0 Å². The Bertz CT molecular complexity index is 28.9. The second-order valence-electron chi connectivity index (χ2n) is 1.33. The molecule has 0 spiro atoms. The molecule has 0 saturated heterocycles. The van der Waals surface area contributed by atoms with Crippen molar-refractivity contribution in [2.75, 3.05) is 25.4 Å². The normalized spacial score (nSPS) is 9.43. The van der Waals surface area contributed by atoms with Crippen molar-refractivity contribution in [3.8, 4) is 0 Å². The third-order valence-corrected chi connectivity index (χ3v) is 1.93. The third kappa shape index (κ3) is 6.35. The lowest BCUT2D eigenvalue weighted by Crippen LogP contribution is -2.04. The van der Waals surface area contributed by atoms with Crippen molar-refractivity contribution in [3.63, 3.8) is 0 Å². The maximum absolute atomic E-state index is 5.24. The number of hydrogen-bond acceptors (Lipinski definition) is 2. The minimum Gasteiger partial charge on any atom is -0.330 e. The zero-order valence-electron chi connectivity index (χ0n) is 4.48. The summed E-state index contributed by atoms with van der Waals surface area (Å²) >= 11 is 0. The number of rotatable bonds is 4. The molecule has 7 heavy (non-hydrogen) atoms. The molecule has 0 atom stereocenters. The molecule has 0 radical (unpaired) electrons. The first-order valence-electron chi connectivity index (χ1n) is 2.52. The van der Waals surface area contributed by atoms with Crippen LogP contribution in [-0.2, 0) is 0 Å². The van der Waals surface area contributed by atoms with E-state index in [1.807, 2.05) is 0 Å². The molecule has 0 aromatic rings. The molecule has 0 amide bonds. The fraction of sp³-hybridized carbons (Fsp3) is 1.00. The van der Waals surface area contributed by atoms with Crippen LogP contribution < -0.4 is 11.5 Å². The fourth-order valence-corrected chi connectivity index (χ4v) is 0.987. The van der Waals surface area contributed by atoms with Crippen molar-refractivity contribution < 1.29 is 0 Å². The lowest BCUT2D eigenvalue weighted by Gasteiger charge is -1.92. The molecular formula is C4H13N2P. The van der Waals surface area contributed by atoms with Gasteiger partial charge < -0.3 is 11.5 Å². The van der Waals surface area contributed by atoms with E-state index in [0.29, 0.717) is 0 Å². The first kappa shape index (κ1) is 7.35. The first-order chi connectivity index (χ1) is 3.41. The van der Waals surface area contributed by atoms with Crippen LogP contribution in [0.5, 0.6) is 0 Å². The van der Waals surface area contributed by atoms with Gasteiger partial charge in [-0.15, -0.1) is 8.58 Å². The van der Waals surface area contributed by atoms with Crippen molar-refractivity contribution >= 4 is 8.58 Å². The number of hydrogen-bond donors (Lipinski definition) is 2. The maximum atomic E-state index is 5.24. The van der Waals surface area contributed by atoms with E-state index in [4.69, 9.17) is 11.5 Å². The van der Waals surface area contributed by atoms with Crippen LogP contribution in [0.15, 0.2) is 0 Å². The van der Waals surface area contributed by atoms with E-state index in [1.54, 1.807) is 0 Å². The summed E-state index contributed by atoms with van der Waals surface area (Å²) in [7, 11) is 0.982. The first-order valence-corrected chi connectivity index (χ1v) is 3.94. The van der Waals surface area contributed by atoms with Crippen molar-refractivity contribution in [1.29, 1.82) is 0 Å². The van der Waals surface area contributed by atoms with Crippen LogP contribution in [0.2, 0.25) is 0 Å². The van der Waals surface area contributed by atoms with Crippen LogP contribution in [0.3, 0.4) is 0 Å². The van der Waals surface area contributed by atoms with Gasteiger partial charge in [-0.05, 0) is 25.4 Å². The highest BCUT2D eigenvalue weighted by Crippen LogP contribution is 2.03. The van der Waals surface area contributed by atoms with Crippen molar-refractivity contribution in [3.05, 3.63) is 0 Å². The quantitative estimate of drug-likeness (QED) is 0.391. The molecule has 0 aromatic carbocycles. The summed E-state index contributed by atoms with van der Waals surface area (Å²) in [6.07, 6.45) is 2.30. The summed E-state index contributed by atoms with van der Waals surface area (Å²) in [5, 5.41) is 0. The second kappa shape index (κ2) is 6.35. The molecule has 0 aliphatic rings. The van der Waals surface area contributed by atoms with Gasteiger partial charge in [0.2, 0.25) is 0 Å². The van der Waals surface area contributed by atoms with Crippen LogP contribution in [-0.4, -0.2) is 25.4 Å². The van der Waals surface area contributed by atoms with E-state index in [0.717, 1.165) is 34.0 Å². The Morgan fingerprint density at radius 3 is 1.71 bits per heavy atom. The molecule has 3 heteroatoms. The predicted molar refractivity (Wildman–Crippen MR) is 36.2 cm³/mol. The van der Waals surface area contributed by atoms with Crippen LogP contribution in [0.1, 0.15) is 0 Å². The Morgan fingerprint density at radius 2 is 1.43 bits per heavy atom. The van der Waals surface area contributed by atoms with Crippen LogP contribution in [0.4, 0.5) is 0 Å². The summed E-state index contributed by atoms with van der Waals surface area (Å²) in [5.41, 5.74) is 10.5. The highest BCUT2D eigenvalue weighted by atomic mass is 31.1. The monoisotopic (exact) mass is 120 g/mol. The van der Waals surface area contributed by atoms with Crippen LogP contribution >= 0.6 is 8.58 Å². The predicted octanol–water partition coefficient (Wildman–Crippen LogP) is -0.418.